The van der Waals surface area contributed by atoms with E-state index in [4.69, 9.17) is 9.47 Å². The molecule has 3 saturated heterocycles. The van der Waals surface area contributed by atoms with Crippen LogP contribution in [-0.4, -0.2) is 42.7 Å². The third-order valence-corrected chi connectivity index (χ3v) is 11.6. The molecule has 2 bridgehead atoms. The fraction of sp³-hybridized carbons (Fsp3) is 1.00. The fourth-order valence-corrected chi connectivity index (χ4v) is 9.50. The molecule has 4 saturated carbocycles. The summed E-state index contributed by atoms with van der Waals surface area (Å²) in [6.07, 6.45) is 19.3. The summed E-state index contributed by atoms with van der Waals surface area (Å²) >= 11 is 0. The van der Waals surface area contributed by atoms with Crippen molar-refractivity contribution < 1.29 is 13.8 Å². The van der Waals surface area contributed by atoms with Gasteiger partial charge in [0.05, 0.1) is 23.9 Å². The molecule has 174 valence electrons. The van der Waals surface area contributed by atoms with Gasteiger partial charge in [-0.05, 0) is 87.4 Å². The van der Waals surface area contributed by atoms with E-state index in [2.05, 4.69) is 25.1 Å². The molecule has 0 aromatic rings. The summed E-state index contributed by atoms with van der Waals surface area (Å²) in [4.78, 5) is 0. The Hall–Kier alpha value is -0.120. The van der Waals surface area contributed by atoms with Crippen molar-refractivity contribution >= 4 is 0 Å². The molecule has 13 atom stereocenters. The maximum absolute atomic E-state index is 6.05. The van der Waals surface area contributed by atoms with Crippen LogP contribution >= 0.6 is 0 Å². The Bertz CT molecular complexity index is 708. The first-order valence-corrected chi connectivity index (χ1v) is 14.1. The van der Waals surface area contributed by atoms with E-state index in [1.54, 1.807) is 0 Å². The lowest BCUT2D eigenvalue weighted by molar-refractivity contribution is -0.00209. The minimum absolute atomic E-state index is 0.270. The van der Waals surface area contributed by atoms with Crippen molar-refractivity contribution in [3.63, 3.8) is 0 Å². The van der Waals surface area contributed by atoms with Crippen molar-refractivity contribution in [3.05, 3.63) is 0 Å². The number of hydrogen-bond donors (Lipinski definition) is 0. The zero-order chi connectivity index (χ0) is 20.9. The van der Waals surface area contributed by atoms with E-state index in [0.29, 0.717) is 18.3 Å². The van der Waals surface area contributed by atoms with Gasteiger partial charge in [0, 0.05) is 18.8 Å². The first kappa shape index (κ1) is 20.3. The second kappa shape index (κ2) is 7.19. The molecule has 0 radical (unpaired) electrons. The molecule has 0 aromatic heterocycles. The Balaban J connectivity index is 0.976. The third-order valence-electron chi connectivity index (χ3n) is 11.6. The molecular formula is C28H45O3+. The van der Waals surface area contributed by atoms with Gasteiger partial charge >= 0.3 is 0 Å². The Labute approximate surface area is 189 Å². The number of hydrogen-bond acceptors (Lipinski definition) is 2. The van der Waals surface area contributed by atoms with Crippen LogP contribution in [0.5, 0.6) is 0 Å². The van der Waals surface area contributed by atoms with E-state index in [1.807, 2.05) is 0 Å². The number of ether oxygens (including phenoxy) is 2. The molecule has 13 unspecified atom stereocenters. The fourth-order valence-electron chi connectivity index (χ4n) is 9.50. The van der Waals surface area contributed by atoms with Crippen molar-refractivity contribution in [2.45, 2.75) is 128 Å². The summed E-state index contributed by atoms with van der Waals surface area (Å²) in [5.41, 5.74) is 0.270. The zero-order valence-electron chi connectivity index (χ0n) is 20.1. The van der Waals surface area contributed by atoms with Crippen LogP contribution in [0.3, 0.4) is 0 Å². The Kier molecular flexibility index (Phi) is 4.70. The molecule has 3 heteroatoms. The molecular weight excluding hydrogens is 384 g/mol. The molecule has 7 aliphatic rings. The van der Waals surface area contributed by atoms with Crippen molar-refractivity contribution in [2.75, 3.05) is 6.61 Å². The van der Waals surface area contributed by atoms with E-state index < -0.39 is 0 Å². The highest BCUT2D eigenvalue weighted by Crippen LogP contribution is 2.61. The monoisotopic (exact) mass is 429 g/mol. The van der Waals surface area contributed by atoms with Crippen LogP contribution in [0.25, 0.3) is 0 Å². The van der Waals surface area contributed by atoms with E-state index >= 15 is 0 Å². The molecule has 4 aliphatic carbocycles. The van der Waals surface area contributed by atoms with E-state index in [-0.39, 0.29) is 5.60 Å². The SMILES string of the molecule is CCC1CC(CC(CC)C2CCC3(C)OC3C2)C2C(C1)[O+]2CCC1CC2CC1C1OC21. The molecule has 0 N–H and O–H groups in total. The molecule has 7 fully saturated rings. The van der Waals surface area contributed by atoms with Crippen LogP contribution in [0, 0.1) is 41.4 Å². The quantitative estimate of drug-likeness (QED) is 0.354. The lowest BCUT2D eigenvalue weighted by Gasteiger charge is -2.33. The van der Waals surface area contributed by atoms with Crippen LogP contribution < -0.4 is 0 Å². The number of fused-ring (bicyclic) bond motifs is 7. The van der Waals surface area contributed by atoms with E-state index in [9.17, 15) is 0 Å². The van der Waals surface area contributed by atoms with Gasteiger partial charge in [-0.25, -0.2) is 0 Å². The molecule has 31 heavy (non-hydrogen) atoms. The van der Waals surface area contributed by atoms with Gasteiger partial charge in [0.1, 0.15) is 6.61 Å². The summed E-state index contributed by atoms with van der Waals surface area (Å²) in [6, 6.07) is 0. The van der Waals surface area contributed by atoms with Crippen LogP contribution in [-0.2, 0) is 13.8 Å². The standard InChI is InChI=1S/C28H45O3/c1-4-16-10-21(12-17(5-2)18-6-8-28(3)24(15-18)30-28)27-23(11-16)31(27)9-7-19-13-20-14-22(19)26-25(20)29-26/h16-27H,4-15H2,1-3H3/q+1. The number of epoxide rings is 3. The van der Waals surface area contributed by atoms with Crippen molar-refractivity contribution in [1.82, 2.24) is 0 Å². The molecule has 3 nitrogen and oxygen atoms in total. The van der Waals surface area contributed by atoms with Gasteiger partial charge in [-0.15, -0.1) is 0 Å². The van der Waals surface area contributed by atoms with Crippen molar-refractivity contribution in [3.8, 4) is 0 Å². The van der Waals surface area contributed by atoms with E-state index in [1.165, 1.54) is 77.2 Å². The first-order chi connectivity index (χ1) is 15.1. The highest BCUT2D eigenvalue weighted by Gasteiger charge is 2.66. The van der Waals surface area contributed by atoms with Gasteiger partial charge in [0.25, 0.3) is 0 Å². The topological polar surface area (TPSA) is 27.8 Å². The van der Waals surface area contributed by atoms with Gasteiger partial charge in [0.2, 0.25) is 12.2 Å². The Morgan fingerprint density at radius 1 is 1.03 bits per heavy atom. The molecule has 7 rings (SSSR count). The molecule has 0 amide bonds. The lowest BCUT2D eigenvalue weighted by atomic mass is 9.69. The van der Waals surface area contributed by atoms with Crippen molar-refractivity contribution in [1.29, 1.82) is 0 Å². The second-order valence-corrected chi connectivity index (χ2v) is 13.0. The smallest absolute Gasteiger partial charge is 0.231 e. The highest BCUT2D eigenvalue weighted by atomic mass is 16.8. The van der Waals surface area contributed by atoms with Gasteiger partial charge in [0.15, 0.2) is 0 Å². The lowest BCUT2D eigenvalue weighted by Crippen LogP contribution is -2.30. The predicted octanol–water partition coefficient (Wildman–Crippen LogP) is 5.91. The van der Waals surface area contributed by atoms with Crippen LogP contribution in [0.1, 0.15) is 91.4 Å². The van der Waals surface area contributed by atoms with Crippen molar-refractivity contribution in [2.24, 2.45) is 41.4 Å². The third kappa shape index (κ3) is 3.30. The molecule has 0 spiro atoms. The van der Waals surface area contributed by atoms with Crippen LogP contribution in [0.2, 0.25) is 0 Å². The summed E-state index contributed by atoms with van der Waals surface area (Å²) in [6.45, 7) is 8.55. The average molecular weight is 430 g/mol. The summed E-state index contributed by atoms with van der Waals surface area (Å²) in [7, 11) is 0. The minimum Gasteiger partial charge on any atom is -0.405 e. The average Bonchev–Trinajstić information content (AvgIpc) is 3.72. The zero-order valence-corrected chi connectivity index (χ0v) is 20.1. The maximum atomic E-state index is 6.05. The predicted molar refractivity (Wildman–Crippen MR) is 122 cm³/mol. The van der Waals surface area contributed by atoms with Gasteiger partial charge in [-0.2, -0.15) is 0 Å². The van der Waals surface area contributed by atoms with Gasteiger partial charge < -0.3 is 13.8 Å². The minimum atomic E-state index is 0.270. The van der Waals surface area contributed by atoms with Crippen LogP contribution in [0.4, 0.5) is 0 Å². The summed E-state index contributed by atoms with van der Waals surface area (Å²) < 4.78 is 15.9. The van der Waals surface area contributed by atoms with Gasteiger partial charge in [-0.1, -0.05) is 26.7 Å². The maximum Gasteiger partial charge on any atom is 0.231 e. The Morgan fingerprint density at radius 2 is 1.94 bits per heavy atom. The van der Waals surface area contributed by atoms with Gasteiger partial charge in [-0.3, -0.25) is 0 Å². The van der Waals surface area contributed by atoms with E-state index in [0.717, 1.165) is 53.6 Å². The normalized spacial score (nSPS) is 57.2. The summed E-state index contributed by atoms with van der Waals surface area (Å²) in [5.74, 6) is 6.55. The second-order valence-electron chi connectivity index (χ2n) is 13.0. The summed E-state index contributed by atoms with van der Waals surface area (Å²) in [5, 5.41) is 0. The first-order valence-electron chi connectivity index (χ1n) is 14.1. The molecule has 0 aromatic carbocycles. The molecule has 3 aliphatic heterocycles. The largest absolute Gasteiger partial charge is 0.405 e. The highest BCUT2D eigenvalue weighted by molar-refractivity contribution is 5.11. The Morgan fingerprint density at radius 3 is 2.68 bits per heavy atom. The molecule has 3 heterocycles. The number of rotatable bonds is 8. The van der Waals surface area contributed by atoms with Crippen LogP contribution in [0.15, 0.2) is 0 Å².